The lowest BCUT2D eigenvalue weighted by molar-refractivity contribution is 0.297. The number of aryl methyl sites for hydroxylation is 1. The van der Waals surface area contributed by atoms with Gasteiger partial charge < -0.3 is 20.5 Å². The van der Waals surface area contributed by atoms with Crippen LogP contribution < -0.4 is 10.6 Å². The average molecular weight is 372 g/mol. The van der Waals surface area contributed by atoms with Gasteiger partial charge in [-0.05, 0) is 69.9 Å². The number of nitrogens with zero attached hydrogens (tertiary/aromatic N) is 2. The van der Waals surface area contributed by atoms with Crippen LogP contribution in [-0.4, -0.2) is 55.1 Å². The van der Waals surface area contributed by atoms with Crippen LogP contribution in [0.4, 0.5) is 0 Å². The number of aromatic amines is 1. The first kappa shape index (κ1) is 21.3. The predicted molar refractivity (Wildman–Crippen MR) is 118 cm³/mol. The zero-order valence-electron chi connectivity index (χ0n) is 17.6. The summed E-state index contributed by atoms with van der Waals surface area (Å²) in [5.74, 6) is 0.927. The highest BCUT2D eigenvalue weighted by Gasteiger charge is 2.04. The zero-order chi connectivity index (χ0) is 19.5. The maximum Gasteiger partial charge on any atom is 0.191 e. The summed E-state index contributed by atoms with van der Waals surface area (Å²) in [5.41, 5.74) is 3.86. The van der Waals surface area contributed by atoms with E-state index in [4.69, 9.17) is 4.99 Å². The molecule has 1 aromatic carbocycles. The molecule has 27 heavy (non-hydrogen) atoms. The molecule has 0 aliphatic carbocycles. The Bertz CT molecular complexity index is 700. The standard InChI is InChI=1S/C22H37N5/c1-5-23-22(24-13-8-9-15-27(6-2)7-3)25-14-12-19-17-26-21-16-18(4)10-11-20(19)21/h10-11,16-17,26H,5-9,12-15H2,1-4H3,(H2,23,24,25). The van der Waals surface area contributed by atoms with Gasteiger partial charge in [-0.15, -0.1) is 0 Å². The van der Waals surface area contributed by atoms with Crippen molar-refractivity contribution in [1.29, 1.82) is 0 Å². The lowest BCUT2D eigenvalue weighted by Crippen LogP contribution is -2.38. The van der Waals surface area contributed by atoms with Gasteiger partial charge in [-0.1, -0.05) is 26.0 Å². The lowest BCUT2D eigenvalue weighted by atomic mass is 10.1. The number of unbranched alkanes of at least 4 members (excludes halogenated alkanes) is 1. The fourth-order valence-electron chi connectivity index (χ4n) is 3.34. The Hall–Kier alpha value is -2.01. The van der Waals surface area contributed by atoms with Crippen molar-refractivity contribution in [2.45, 2.75) is 47.0 Å². The molecule has 0 spiro atoms. The third-order valence-electron chi connectivity index (χ3n) is 5.00. The molecule has 3 N–H and O–H groups in total. The van der Waals surface area contributed by atoms with Crippen LogP contribution in [0.2, 0.25) is 0 Å². The Kier molecular flexibility index (Phi) is 9.19. The van der Waals surface area contributed by atoms with Gasteiger partial charge in [-0.25, -0.2) is 0 Å². The maximum atomic E-state index is 4.72. The van der Waals surface area contributed by atoms with E-state index < -0.39 is 0 Å². The number of guanidine groups is 1. The molecule has 0 bridgehead atoms. The van der Waals surface area contributed by atoms with Crippen molar-refractivity contribution in [1.82, 2.24) is 20.5 Å². The highest BCUT2D eigenvalue weighted by Crippen LogP contribution is 2.19. The average Bonchev–Trinajstić information content (AvgIpc) is 3.06. The number of aliphatic imine (C=N–C) groups is 1. The van der Waals surface area contributed by atoms with Crippen molar-refractivity contribution < 1.29 is 0 Å². The number of benzene rings is 1. The van der Waals surface area contributed by atoms with Crippen LogP contribution in [0.15, 0.2) is 29.4 Å². The van der Waals surface area contributed by atoms with E-state index >= 15 is 0 Å². The Morgan fingerprint density at radius 3 is 2.67 bits per heavy atom. The molecule has 0 fully saturated rings. The van der Waals surface area contributed by atoms with Crippen LogP contribution in [0.1, 0.15) is 44.7 Å². The van der Waals surface area contributed by atoms with Gasteiger partial charge in [0.1, 0.15) is 0 Å². The molecule has 0 amide bonds. The van der Waals surface area contributed by atoms with E-state index in [1.165, 1.54) is 35.0 Å². The topological polar surface area (TPSA) is 55.5 Å². The van der Waals surface area contributed by atoms with Crippen LogP contribution in [0.3, 0.4) is 0 Å². The third kappa shape index (κ3) is 6.90. The smallest absolute Gasteiger partial charge is 0.191 e. The van der Waals surface area contributed by atoms with Crippen molar-refractivity contribution in [2.24, 2.45) is 4.99 Å². The second-order valence-corrected chi connectivity index (χ2v) is 7.03. The number of nitrogens with one attached hydrogen (secondary N) is 3. The molecule has 1 aromatic heterocycles. The maximum absolute atomic E-state index is 4.72. The van der Waals surface area contributed by atoms with Gasteiger partial charge in [0, 0.05) is 36.7 Å². The van der Waals surface area contributed by atoms with Crippen LogP contribution in [-0.2, 0) is 6.42 Å². The number of hydrogen-bond donors (Lipinski definition) is 3. The van der Waals surface area contributed by atoms with Crippen molar-refractivity contribution in [2.75, 3.05) is 39.3 Å². The van der Waals surface area contributed by atoms with E-state index in [0.717, 1.165) is 51.5 Å². The predicted octanol–water partition coefficient (Wildman–Crippen LogP) is 3.70. The molecule has 1 heterocycles. The number of rotatable bonds is 11. The van der Waals surface area contributed by atoms with Crippen LogP contribution in [0, 0.1) is 6.92 Å². The first-order valence-electron chi connectivity index (χ1n) is 10.5. The van der Waals surface area contributed by atoms with Gasteiger partial charge in [-0.2, -0.15) is 0 Å². The van der Waals surface area contributed by atoms with Gasteiger partial charge in [-0.3, -0.25) is 4.99 Å². The van der Waals surface area contributed by atoms with E-state index in [2.05, 4.69) is 72.6 Å². The van der Waals surface area contributed by atoms with E-state index in [9.17, 15) is 0 Å². The van der Waals surface area contributed by atoms with Gasteiger partial charge in [0.2, 0.25) is 0 Å². The molecule has 150 valence electrons. The minimum atomic E-state index is 0.878. The fourth-order valence-corrected chi connectivity index (χ4v) is 3.34. The van der Waals surface area contributed by atoms with E-state index in [-0.39, 0.29) is 0 Å². The van der Waals surface area contributed by atoms with E-state index in [1.54, 1.807) is 0 Å². The Morgan fingerprint density at radius 2 is 1.93 bits per heavy atom. The van der Waals surface area contributed by atoms with Crippen molar-refractivity contribution >= 4 is 16.9 Å². The molecule has 0 radical (unpaired) electrons. The fraction of sp³-hybridized carbons (Fsp3) is 0.591. The summed E-state index contributed by atoms with van der Waals surface area (Å²) >= 11 is 0. The van der Waals surface area contributed by atoms with Crippen LogP contribution in [0.5, 0.6) is 0 Å². The zero-order valence-corrected chi connectivity index (χ0v) is 17.6. The second kappa shape index (κ2) is 11.7. The minimum absolute atomic E-state index is 0.878. The minimum Gasteiger partial charge on any atom is -0.361 e. The molecular weight excluding hydrogens is 334 g/mol. The van der Waals surface area contributed by atoms with Crippen molar-refractivity contribution in [3.05, 3.63) is 35.5 Å². The molecule has 0 saturated carbocycles. The van der Waals surface area contributed by atoms with E-state index in [1.807, 2.05) is 0 Å². The first-order chi connectivity index (χ1) is 13.2. The molecule has 2 aromatic rings. The van der Waals surface area contributed by atoms with Gasteiger partial charge in [0.25, 0.3) is 0 Å². The molecule has 0 saturated heterocycles. The summed E-state index contributed by atoms with van der Waals surface area (Å²) in [7, 11) is 0. The number of H-pyrrole nitrogens is 1. The Labute approximate surface area is 164 Å². The normalized spacial score (nSPS) is 12.1. The monoisotopic (exact) mass is 371 g/mol. The molecule has 0 aliphatic heterocycles. The second-order valence-electron chi connectivity index (χ2n) is 7.03. The molecule has 5 heteroatoms. The van der Waals surface area contributed by atoms with Crippen LogP contribution in [0.25, 0.3) is 10.9 Å². The molecule has 2 rings (SSSR count). The SMILES string of the molecule is CCNC(=NCCCCN(CC)CC)NCCc1c[nH]c2cc(C)ccc12. The summed E-state index contributed by atoms with van der Waals surface area (Å²) in [6.07, 6.45) is 5.45. The van der Waals surface area contributed by atoms with Crippen molar-refractivity contribution in [3.63, 3.8) is 0 Å². The van der Waals surface area contributed by atoms with Gasteiger partial charge in [0.15, 0.2) is 5.96 Å². The van der Waals surface area contributed by atoms with E-state index in [0.29, 0.717) is 0 Å². The Morgan fingerprint density at radius 1 is 1.11 bits per heavy atom. The largest absolute Gasteiger partial charge is 0.361 e. The number of fused-ring (bicyclic) bond motifs is 1. The molecular formula is C22H37N5. The first-order valence-corrected chi connectivity index (χ1v) is 10.5. The third-order valence-corrected chi connectivity index (χ3v) is 5.00. The molecule has 5 nitrogen and oxygen atoms in total. The molecule has 0 atom stereocenters. The Balaban J connectivity index is 1.77. The van der Waals surface area contributed by atoms with Crippen molar-refractivity contribution in [3.8, 4) is 0 Å². The molecule has 0 aliphatic rings. The summed E-state index contributed by atoms with van der Waals surface area (Å²) in [6, 6.07) is 6.60. The summed E-state index contributed by atoms with van der Waals surface area (Å²) in [5, 5.41) is 8.14. The summed E-state index contributed by atoms with van der Waals surface area (Å²) in [6.45, 7) is 14.8. The van der Waals surface area contributed by atoms with Crippen LogP contribution >= 0.6 is 0 Å². The molecule has 0 unspecified atom stereocenters. The lowest BCUT2D eigenvalue weighted by Gasteiger charge is -2.17. The summed E-state index contributed by atoms with van der Waals surface area (Å²) in [4.78, 5) is 10.6. The highest BCUT2D eigenvalue weighted by molar-refractivity contribution is 5.84. The summed E-state index contributed by atoms with van der Waals surface area (Å²) < 4.78 is 0. The highest BCUT2D eigenvalue weighted by atomic mass is 15.2. The van der Waals surface area contributed by atoms with Gasteiger partial charge in [0.05, 0.1) is 0 Å². The number of aromatic nitrogens is 1. The number of hydrogen-bond acceptors (Lipinski definition) is 2. The quantitative estimate of drug-likeness (QED) is 0.321. The van der Waals surface area contributed by atoms with Gasteiger partial charge >= 0.3 is 0 Å².